The average molecular weight is 935 g/mol. The number of ether oxygens (including phenoxy) is 3. The molecule has 0 saturated heterocycles. The topological polar surface area (TPSA) is 251 Å². The zero-order valence-corrected chi connectivity index (χ0v) is 40.3. The van der Waals surface area contributed by atoms with Crippen molar-refractivity contribution in [2.45, 2.75) is 148 Å². The first kappa shape index (κ1) is 55.2. The molecule has 67 heavy (non-hydrogen) atoms. The number of amides is 6. The third-order valence-corrected chi connectivity index (χ3v) is 10.6. The van der Waals surface area contributed by atoms with Crippen LogP contribution < -0.4 is 41.4 Å². The molecule has 18 heteroatoms. The number of aromatic nitrogens is 2. The van der Waals surface area contributed by atoms with Crippen LogP contribution in [0.2, 0.25) is 0 Å². The Balaban J connectivity index is 1.57. The quantitative estimate of drug-likeness (QED) is 0.0431. The second-order valence-corrected chi connectivity index (χ2v) is 18.1. The van der Waals surface area contributed by atoms with Gasteiger partial charge in [-0.1, -0.05) is 51.0 Å². The molecule has 1 heterocycles. The maximum atomic E-state index is 14.1. The van der Waals surface area contributed by atoms with Gasteiger partial charge < -0.3 is 56.2 Å². The lowest BCUT2D eigenvalue weighted by atomic mass is 9.96. The van der Waals surface area contributed by atoms with Gasteiger partial charge in [0.25, 0.3) is 0 Å². The molecule has 0 saturated carbocycles. The van der Waals surface area contributed by atoms with E-state index in [4.69, 9.17) is 14.2 Å². The number of methoxy groups -OCH3 is 2. The number of hydrogen-bond donors (Lipinski definition) is 8. The summed E-state index contributed by atoms with van der Waals surface area (Å²) < 4.78 is 15.7. The highest BCUT2D eigenvalue weighted by molar-refractivity contribution is 5.92. The predicted molar refractivity (Wildman–Crippen MR) is 254 cm³/mol. The van der Waals surface area contributed by atoms with Gasteiger partial charge >= 0.3 is 6.09 Å². The number of carbonyl (C=O) groups excluding carboxylic acids is 6. The first-order chi connectivity index (χ1) is 31.9. The molecule has 0 aliphatic rings. The van der Waals surface area contributed by atoms with Crippen LogP contribution in [-0.4, -0.2) is 108 Å². The van der Waals surface area contributed by atoms with Gasteiger partial charge in [-0.2, -0.15) is 0 Å². The third kappa shape index (κ3) is 23.2. The summed E-state index contributed by atoms with van der Waals surface area (Å²) in [6.45, 7) is 10.4. The zero-order valence-electron chi connectivity index (χ0n) is 40.3. The maximum Gasteiger partial charge on any atom is 0.407 e. The predicted octanol–water partition coefficient (Wildman–Crippen LogP) is 4.54. The van der Waals surface area contributed by atoms with E-state index in [-0.39, 0.29) is 49.3 Å². The fraction of sp³-hybridized carbons (Fsp3) is 0.571. The molecule has 3 aromatic rings. The van der Waals surface area contributed by atoms with Crippen LogP contribution in [0.4, 0.5) is 4.79 Å². The maximum absolute atomic E-state index is 14.1. The summed E-state index contributed by atoms with van der Waals surface area (Å²) in [5.74, 6) is -0.582. The molecule has 0 radical (unpaired) electrons. The van der Waals surface area contributed by atoms with Crippen LogP contribution in [0.3, 0.4) is 0 Å². The van der Waals surface area contributed by atoms with Crippen molar-refractivity contribution >= 4 is 35.6 Å². The summed E-state index contributed by atoms with van der Waals surface area (Å²) in [6.07, 6.45) is 5.75. The van der Waals surface area contributed by atoms with Crippen LogP contribution in [0.15, 0.2) is 61.1 Å². The van der Waals surface area contributed by atoms with Crippen LogP contribution >= 0.6 is 0 Å². The van der Waals surface area contributed by atoms with E-state index in [1.807, 2.05) is 38.1 Å². The smallest absolute Gasteiger partial charge is 0.407 e. The number of hydrogen-bond acceptors (Lipinski definition) is 11. The van der Waals surface area contributed by atoms with Gasteiger partial charge in [-0.3, -0.25) is 24.0 Å². The van der Waals surface area contributed by atoms with E-state index in [0.717, 1.165) is 23.3 Å². The molecular formula is C49H74N8O10. The lowest BCUT2D eigenvalue weighted by Gasteiger charge is -2.29. The van der Waals surface area contributed by atoms with Crippen molar-refractivity contribution in [3.63, 3.8) is 0 Å². The number of carbonyl (C=O) groups is 6. The summed E-state index contributed by atoms with van der Waals surface area (Å²) in [4.78, 5) is 85.8. The van der Waals surface area contributed by atoms with E-state index in [2.05, 4.69) is 41.9 Å². The highest BCUT2D eigenvalue weighted by atomic mass is 16.6. The van der Waals surface area contributed by atoms with E-state index < -0.39 is 47.7 Å². The number of aliphatic hydroxyl groups excluding tert-OH is 1. The molecule has 0 spiro atoms. The lowest BCUT2D eigenvalue weighted by molar-refractivity contribution is -0.133. The largest absolute Gasteiger partial charge is 0.497 e. The fourth-order valence-electron chi connectivity index (χ4n) is 7.02. The molecule has 1 aromatic heterocycles. The second-order valence-electron chi connectivity index (χ2n) is 18.1. The van der Waals surface area contributed by atoms with Crippen molar-refractivity contribution < 1.29 is 48.1 Å². The second kappa shape index (κ2) is 29.5. The third-order valence-electron chi connectivity index (χ3n) is 10.6. The van der Waals surface area contributed by atoms with Crippen LogP contribution in [0.5, 0.6) is 11.5 Å². The Morgan fingerprint density at radius 2 is 1.24 bits per heavy atom. The molecule has 0 aliphatic carbocycles. The molecule has 370 valence electrons. The van der Waals surface area contributed by atoms with E-state index in [1.54, 1.807) is 59.3 Å². The monoisotopic (exact) mass is 935 g/mol. The van der Waals surface area contributed by atoms with Crippen molar-refractivity contribution in [2.24, 2.45) is 5.92 Å². The van der Waals surface area contributed by atoms with E-state index in [1.165, 1.54) is 12.5 Å². The molecule has 4 atom stereocenters. The number of benzene rings is 2. The van der Waals surface area contributed by atoms with Gasteiger partial charge in [0.1, 0.15) is 29.2 Å². The number of unbranched alkanes of at least 4 members (excludes halogenated alkanes) is 4. The van der Waals surface area contributed by atoms with Crippen molar-refractivity contribution in [3.8, 4) is 11.5 Å². The van der Waals surface area contributed by atoms with Crippen molar-refractivity contribution in [1.29, 1.82) is 0 Å². The van der Waals surface area contributed by atoms with Gasteiger partial charge in [0.05, 0.1) is 39.1 Å². The van der Waals surface area contributed by atoms with Crippen molar-refractivity contribution in [1.82, 2.24) is 41.9 Å². The Morgan fingerprint density at radius 1 is 0.672 bits per heavy atom. The minimum absolute atomic E-state index is 0.0212. The Hall–Kier alpha value is -6.17. The van der Waals surface area contributed by atoms with E-state index >= 15 is 0 Å². The Morgan fingerprint density at radius 3 is 1.81 bits per heavy atom. The zero-order chi connectivity index (χ0) is 49.2. The Bertz CT molecular complexity index is 1950. The molecule has 18 nitrogen and oxygen atoms in total. The van der Waals surface area contributed by atoms with Crippen molar-refractivity contribution in [2.75, 3.05) is 27.3 Å². The van der Waals surface area contributed by atoms with E-state index in [9.17, 15) is 33.9 Å². The minimum Gasteiger partial charge on any atom is -0.497 e. The van der Waals surface area contributed by atoms with Gasteiger partial charge in [-0.25, -0.2) is 9.78 Å². The molecule has 0 fully saturated rings. The summed E-state index contributed by atoms with van der Waals surface area (Å²) in [5, 5.41) is 28.4. The summed E-state index contributed by atoms with van der Waals surface area (Å²) in [7, 11) is 3.15. The van der Waals surface area contributed by atoms with Crippen LogP contribution in [-0.2, 0) is 48.1 Å². The number of nitrogens with zero attached hydrogens (tertiary/aromatic N) is 1. The number of aromatic amines is 1. The van der Waals surface area contributed by atoms with Crippen molar-refractivity contribution in [3.05, 3.63) is 77.9 Å². The van der Waals surface area contributed by atoms with Gasteiger partial charge in [0, 0.05) is 57.2 Å². The van der Waals surface area contributed by atoms with Crippen LogP contribution in [0.1, 0.15) is 116 Å². The lowest BCUT2D eigenvalue weighted by Crippen LogP contribution is -2.57. The van der Waals surface area contributed by atoms with Gasteiger partial charge in [-0.15, -0.1) is 0 Å². The summed E-state index contributed by atoms with van der Waals surface area (Å²) >= 11 is 0. The summed E-state index contributed by atoms with van der Waals surface area (Å²) in [6, 6.07) is 11.5. The number of nitrogens with one attached hydrogen (secondary N) is 7. The van der Waals surface area contributed by atoms with Gasteiger partial charge in [0.15, 0.2) is 0 Å². The Kier molecular flexibility index (Phi) is 24.3. The SMILES string of the molecule is COc1ccc(CNC(=O)CCCCCNC(=O)C[C@H](O)[C@H](CC(C)C)NC(=O)[C@H](Cc2cnc[nH]2)NC(=O)[C@H](Cc2ccc(OC)cc2)NC(=O)CCCCCNC(=O)OC(C)(C)C)cc1. The molecule has 0 bridgehead atoms. The molecule has 2 aromatic carbocycles. The first-order valence-electron chi connectivity index (χ1n) is 23.3. The number of alkyl carbamates (subject to hydrolysis) is 1. The molecular weight excluding hydrogens is 861 g/mol. The summed E-state index contributed by atoms with van der Waals surface area (Å²) in [5.41, 5.74) is 1.67. The number of imidazole rings is 1. The average Bonchev–Trinajstić information content (AvgIpc) is 3.80. The van der Waals surface area contributed by atoms with Gasteiger partial charge in [-0.05, 0) is 94.2 Å². The minimum atomic E-state index is -1.24. The normalized spacial score (nSPS) is 13.0. The molecule has 8 N–H and O–H groups in total. The standard InChI is InChI=1S/C49H74N8O10/c1-33(2)26-39(42(58)29-45(61)51-24-12-8-10-14-43(59)53-30-35-18-22-38(66-7)23-19-35)56-47(63)41(28-36-31-50-32-54-36)57-46(62)40(27-34-16-20-37(65-6)21-17-34)55-44(60)15-11-9-13-25-52-48(64)67-49(3,4)5/h16-23,31-33,39-42,58H,8-15,24-30H2,1-7H3,(H,50,54)(H,51,61)(H,52,64)(H,53,59)(H,55,60)(H,56,63)(H,57,62)/t39-,40-,41-,42-/m0/s1. The molecule has 3 rings (SSSR count). The highest BCUT2D eigenvalue weighted by Gasteiger charge is 2.31. The number of aliphatic hydroxyl groups is 1. The highest BCUT2D eigenvalue weighted by Crippen LogP contribution is 2.16. The molecule has 0 unspecified atom stereocenters. The van der Waals surface area contributed by atoms with Crippen LogP contribution in [0.25, 0.3) is 0 Å². The Labute approximate surface area is 395 Å². The number of rotatable bonds is 30. The molecule has 6 amide bonds. The van der Waals surface area contributed by atoms with E-state index in [0.29, 0.717) is 76.0 Å². The van der Waals surface area contributed by atoms with Gasteiger partial charge in [0.2, 0.25) is 29.5 Å². The fourth-order valence-corrected chi connectivity index (χ4v) is 7.02. The number of H-pyrrole nitrogens is 1. The molecule has 0 aliphatic heterocycles. The van der Waals surface area contributed by atoms with Crippen LogP contribution in [0, 0.1) is 5.92 Å². The first-order valence-corrected chi connectivity index (χ1v) is 23.3.